The molecule has 0 unspecified atom stereocenters. The second-order valence-electron chi connectivity index (χ2n) is 6.13. The molecule has 0 aliphatic heterocycles. The number of methoxy groups -OCH3 is 1. The van der Waals surface area contributed by atoms with Gasteiger partial charge < -0.3 is 10.1 Å². The smallest absolute Gasteiger partial charge is 0.230 e. The fourth-order valence-electron chi connectivity index (χ4n) is 3.32. The fourth-order valence-corrected chi connectivity index (χ4v) is 3.32. The van der Waals surface area contributed by atoms with Crippen molar-refractivity contribution in [2.45, 2.75) is 31.1 Å². The Hall–Kier alpha value is -2.29. The summed E-state index contributed by atoms with van der Waals surface area (Å²) in [4.78, 5) is 12.8. The van der Waals surface area contributed by atoms with Crippen LogP contribution in [-0.4, -0.2) is 19.6 Å². The first kappa shape index (κ1) is 15.6. The van der Waals surface area contributed by atoms with Crippen LogP contribution >= 0.6 is 0 Å². The lowest BCUT2D eigenvalue weighted by atomic mass is 9.63. The molecule has 0 atom stereocenters. The molecule has 2 aromatic carbocycles. The number of amides is 1. The van der Waals surface area contributed by atoms with E-state index in [1.54, 1.807) is 7.11 Å². The average molecular weight is 309 g/mol. The Labute approximate surface area is 137 Å². The summed E-state index contributed by atoms with van der Waals surface area (Å²) >= 11 is 0. The molecule has 120 valence electrons. The largest absolute Gasteiger partial charge is 0.496 e. The molecule has 0 saturated heterocycles. The molecule has 0 spiro atoms. The number of hydrogen-bond acceptors (Lipinski definition) is 2. The normalized spacial score (nSPS) is 15.5. The lowest BCUT2D eigenvalue weighted by Crippen LogP contribution is -2.49. The Morgan fingerprint density at radius 2 is 1.78 bits per heavy atom. The van der Waals surface area contributed by atoms with Gasteiger partial charge in [-0.2, -0.15) is 0 Å². The van der Waals surface area contributed by atoms with Crippen LogP contribution in [0.2, 0.25) is 0 Å². The minimum absolute atomic E-state index is 0.129. The molecule has 1 aliphatic carbocycles. The van der Waals surface area contributed by atoms with Crippen molar-refractivity contribution < 1.29 is 9.53 Å². The molecule has 0 bridgehead atoms. The van der Waals surface area contributed by atoms with E-state index in [2.05, 4.69) is 17.4 Å². The van der Waals surface area contributed by atoms with Gasteiger partial charge in [-0.15, -0.1) is 0 Å². The monoisotopic (exact) mass is 309 g/mol. The van der Waals surface area contributed by atoms with Crippen LogP contribution in [0.25, 0.3) is 0 Å². The van der Waals surface area contributed by atoms with E-state index in [1.165, 1.54) is 5.56 Å². The summed E-state index contributed by atoms with van der Waals surface area (Å²) < 4.78 is 5.47. The van der Waals surface area contributed by atoms with E-state index in [9.17, 15) is 4.79 Å². The molecule has 23 heavy (non-hydrogen) atoms. The highest BCUT2D eigenvalue weighted by molar-refractivity contribution is 5.90. The van der Waals surface area contributed by atoms with Gasteiger partial charge in [0.05, 0.1) is 12.5 Å². The predicted octanol–water partition coefficient (Wildman–Crippen LogP) is 3.48. The van der Waals surface area contributed by atoms with Crippen molar-refractivity contribution in [1.82, 2.24) is 5.32 Å². The number of ether oxygens (including phenoxy) is 1. The van der Waals surface area contributed by atoms with Crippen LogP contribution in [0, 0.1) is 0 Å². The Morgan fingerprint density at radius 1 is 1.09 bits per heavy atom. The zero-order valence-corrected chi connectivity index (χ0v) is 13.5. The first-order chi connectivity index (χ1) is 11.3. The minimum Gasteiger partial charge on any atom is -0.496 e. The summed E-state index contributed by atoms with van der Waals surface area (Å²) in [6, 6.07) is 18.1. The van der Waals surface area contributed by atoms with E-state index in [-0.39, 0.29) is 5.91 Å². The summed E-state index contributed by atoms with van der Waals surface area (Å²) in [6.45, 7) is 0.666. The van der Waals surface area contributed by atoms with Crippen molar-refractivity contribution in [3.05, 3.63) is 65.7 Å². The summed E-state index contributed by atoms with van der Waals surface area (Å²) in [7, 11) is 1.67. The molecule has 2 aromatic rings. The van der Waals surface area contributed by atoms with Crippen LogP contribution in [0.5, 0.6) is 5.75 Å². The summed E-state index contributed by atoms with van der Waals surface area (Å²) in [6.07, 6.45) is 3.73. The molecule has 1 fully saturated rings. The van der Waals surface area contributed by atoms with Crippen molar-refractivity contribution in [2.24, 2.45) is 0 Å². The molecule has 3 heteroatoms. The van der Waals surface area contributed by atoms with Crippen LogP contribution in [0.15, 0.2) is 54.6 Å². The van der Waals surface area contributed by atoms with Crippen LogP contribution < -0.4 is 10.1 Å². The number of nitrogens with one attached hydrogen (secondary N) is 1. The lowest BCUT2D eigenvalue weighted by Gasteiger charge is -2.41. The number of rotatable bonds is 6. The molecule has 3 rings (SSSR count). The van der Waals surface area contributed by atoms with Gasteiger partial charge in [-0.3, -0.25) is 4.79 Å². The molecule has 1 aliphatic rings. The first-order valence-corrected chi connectivity index (χ1v) is 8.22. The topological polar surface area (TPSA) is 38.3 Å². The number of hydrogen-bond donors (Lipinski definition) is 1. The van der Waals surface area contributed by atoms with Crippen LogP contribution in [0.4, 0.5) is 0 Å². The van der Waals surface area contributed by atoms with Crippen molar-refractivity contribution in [3.63, 3.8) is 0 Å². The Balaban J connectivity index is 1.69. The fraction of sp³-hybridized carbons (Fsp3) is 0.350. The number of carbonyl (C=O) groups is 1. The van der Waals surface area contributed by atoms with Crippen molar-refractivity contribution in [2.75, 3.05) is 13.7 Å². The molecular weight excluding hydrogens is 286 g/mol. The number of benzene rings is 2. The summed E-state index contributed by atoms with van der Waals surface area (Å²) in [5.41, 5.74) is 1.85. The molecule has 0 heterocycles. The summed E-state index contributed by atoms with van der Waals surface area (Å²) in [5, 5.41) is 3.13. The van der Waals surface area contributed by atoms with E-state index in [0.717, 1.165) is 37.0 Å². The van der Waals surface area contributed by atoms with E-state index < -0.39 is 5.41 Å². The molecule has 0 aromatic heterocycles. The van der Waals surface area contributed by atoms with Gasteiger partial charge in [0.2, 0.25) is 5.91 Å². The number of carbonyl (C=O) groups excluding carboxylic acids is 1. The minimum atomic E-state index is -0.413. The third-order valence-electron chi connectivity index (χ3n) is 4.81. The van der Waals surface area contributed by atoms with Crippen LogP contribution in [0.3, 0.4) is 0 Å². The lowest BCUT2D eigenvalue weighted by molar-refractivity contribution is -0.129. The maximum atomic E-state index is 12.8. The van der Waals surface area contributed by atoms with Crippen LogP contribution in [0.1, 0.15) is 30.4 Å². The average Bonchev–Trinajstić information content (AvgIpc) is 2.55. The third kappa shape index (κ3) is 3.09. The second kappa shape index (κ2) is 6.86. The number of para-hydroxylation sites is 1. The highest BCUT2D eigenvalue weighted by Crippen LogP contribution is 2.47. The Morgan fingerprint density at radius 3 is 2.43 bits per heavy atom. The van der Waals surface area contributed by atoms with Gasteiger partial charge in [0.25, 0.3) is 0 Å². The van der Waals surface area contributed by atoms with E-state index in [1.807, 2.05) is 42.5 Å². The van der Waals surface area contributed by atoms with E-state index in [4.69, 9.17) is 4.74 Å². The Bertz CT molecular complexity index is 662. The third-order valence-corrected chi connectivity index (χ3v) is 4.81. The molecule has 3 nitrogen and oxygen atoms in total. The Kier molecular flexibility index (Phi) is 4.65. The van der Waals surface area contributed by atoms with E-state index >= 15 is 0 Å². The summed E-state index contributed by atoms with van der Waals surface area (Å²) in [5.74, 6) is 0.939. The quantitative estimate of drug-likeness (QED) is 0.887. The van der Waals surface area contributed by atoms with Gasteiger partial charge in [-0.25, -0.2) is 0 Å². The predicted molar refractivity (Wildman–Crippen MR) is 91.7 cm³/mol. The maximum Gasteiger partial charge on any atom is 0.230 e. The molecule has 1 N–H and O–H groups in total. The van der Waals surface area contributed by atoms with Crippen molar-refractivity contribution in [3.8, 4) is 5.75 Å². The first-order valence-electron chi connectivity index (χ1n) is 8.22. The van der Waals surface area contributed by atoms with Crippen LogP contribution in [-0.2, 0) is 16.6 Å². The standard InChI is InChI=1S/C20H23NO2/c1-23-18-11-6-5-10-17(18)20(13-7-14-20)19(22)21-15-12-16-8-3-2-4-9-16/h2-6,8-11H,7,12-15H2,1H3,(H,21,22). The van der Waals surface area contributed by atoms with Gasteiger partial charge in [-0.05, 0) is 30.9 Å². The van der Waals surface area contributed by atoms with E-state index in [0.29, 0.717) is 6.54 Å². The molecular formula is C20H23NO2. The SMILES string of the molecule is COc1ccccc1C1(C(=O)NCCc2ccccc2)CCC1. The molecule has 1 saturated carbocycles. The van der Waals surface area contributed by atoms with Gasteiger partial charge >= 0.3 is 0 Å². The zero-order valence-electron chi connectivity index (χ0n) is 13.5. The van der Waals surface area contributed by atoms with Crippen molar-refractivity contribution in [1.29, 1.82) is 0 Å². The van der Waals surface area contributed by atoms with Gasteiger partial charge in [0.15, 0.2) is 0 Å². The zero-order chi connectivity index (χ0) is 16.1. The van der Waals surface area contributed by atoms with Gasteiger partial charge in [-0.1, -0.05) is 55.0 Å². The highest BCUT2D eigenvalue weighted by atomic mass is 16.5. The maximum absolute atomic E-state index is 12.8. The second-order valence-corrected chi connectivity index (χ2v) is 6.13. The molecule has 0 radical (unpaired) electrons. The molecule has 1 amide bonds. The highest BCUT2D eigenvalue weighted by Gasteiger charge is 2.47. The van der Waals surface area contributed by atoms with Crippen molar-refractivity contribution >= 4 is 5.91 Å². The van der Waals surface area contributed by atoms with Gasteiger partial charge in [0, 0.05) is 12.1 Å². The van der Waals surface area contributed by atoms with Gasteiger partial charge in [0.1, 0.15) is 5.75 Å².